The molecule has 1 aliphatic rings. The molecule has 0 saturated heterocycles. The van der Waals surface area contributed by atoms with E-state index >= 15 is 0 Å². The van der Waals surface area contributed by atoms with E-state index in [-0.39, 0.29) is 5.91 Å². The molecule has 0 atom stereocenters. The zero-order chi connectivity index (χ0) is 19.5. The Labute approximate surface area is 175 Å². The number of carbonyl (C=O) groups excluding carboxylic acids is 1. The second-order valence-electron chi connectivity index (χ2n) is 6.46. The number of halogens is 1. The number of nitrogens with one attached hydrogen (secondary N) is 1. The molecule has 2 aromatic carbocycles. The molecule has 1 N–H and O–H groups in total. The largest absolute Gasteiger partial charge is 0.336 e. The van der Waals surface area contributed by atoms with Crippen LogP contribution in [0.15, 0.2) is 63.3 Å². The summed E-state index contributed by atoms with van der Waals surface area (Å²) in [4.78, 5) is 27.7. The molecule has 1 aromatic heterocycles. The molecule has 3 aromatic rings. The molecule has 1 aliphatic heterocycles. The van der Waals surface area contributed by atoms with E-state index in [4.69, 9.17) is 0 Å². The van der Waals surface area contributed by atoms with E-state index in [1.807, 2.05) is 24.3 Å². The fraction of sp³-hybridized carbons (Fsp3) is 0.200. The van der Waals surface area contributed by atoms with Crippen molar-refractivity contribution in [1.29, 1.82) is 0 Å². The van der Waals surface area contributed by atoms with Gasteiger partial charge >= 0.3 is 0 Å². The molecule has 0 spiro atoms. The topological polar surface area (TPSA) is 71.0 Å². The first kappa shape index (κ1) is 18.9. The summed E-state index contributed by atoms with van der Waals surface area (Å²) >= 11 is 4.99. The van der Waals surface area contributed by atoms with Gasteiger partial charge in [0.2, 0.25) is 11.9 Å². The molecule has 0 unspecified atom stereocenters. The molecule has 0 bridgehead atoms. The van der Waals surface area contributed by atoms with Crippen molar-refractivity contribution in [3.8, 4) is 0 Å². The fourth-order valence-corrected chi connectivity index (χ4v) is 4.29. The molecule has 0 saturated carbocycles. The molecule has 0 fully saturated rings. The van der Waals surface area contributed by atoms with Crippen LogP contribution < -0.4 is 10.2 Å². The third-order valence-corrected chi connectivity index (χ3v) is 5.73. The van der Waals surface area contributed by atoms with Crippen molar-refractivity contribution in [2.45, 2.75) is 29.9 Å². The number of anilines is 2. The van der Waals surface area contributed by atoms with E-state index in [9.17, 15) is 4.79 Å². The summed E-state index contributed by atoms with van der Waals surface area (Å²) in [5.41, 5.74) is 3.42. The van der Waals surface area contributed by atoms with E-state index in [1.165, 1.54) is 29.8 Å². The number of hydrogen-bond acceptors (Lipinski definition) is 6. The van der Waals surface area contributed by atoms with Crippen molar-refractivity contribution in [3.63, 3.8) is 0 Å². The average Bonchev–Trinajstić information content (AvgIpc) is 2.67. The lowest BCUT2D eigenvalue weighted by Gasteiger charge is -2.28. The van der Waals surface area contributed by atoms with Crippen LogP contribution in [0.2, 0.25) is 0 Å². The smallest absolute Gasteiger partial charge is 0.229 e. The van der Waals surface area contributed by atoms with Crippen LogP contribution in [0.4, 0.5) is 11.6 Å². The SMILES string of the molecule is CC(=O)Nc1cccc(Sc2ncnc(N3CCc4cc(Br)ccc4C3)n2)c1. The van der Waals surface area contributed by atoms with Crippen molar-refractivity contribution in [3.05, 3.63) is 64.4 Å². The third-order valence-electron chi connectivity index (χ3n) is 4.36. The van der Waals surface area contributed by atoms with Crippen LogP contribution >= 0.6 is 27.7 Å². The Bertz CT molecular complexity index is 1030. The fourth-order valence-electron chi connectivity index (χ4n) is 3.11. The minimum Gasteiger partial charge on any atom is -0.336 e. The number of hydrogen-bond donors (Lipinski definition) is 1. The predicted octanol–water partition coefficient (Wildman–Crippen LogP) is 4.31. The predicted molar refractivity (Wildman–Crippen MR) is 114 cm³/mol. The van der Waals surface area contributed by atoms with Crippen LogP contribution in [0.25, 0.3) is 0 Å². The van der Waals surface area contributed by atoms with E-state index in [0.717, 1.165) is 34.6 Å². The Morgan fingerprint density at radius 1 is 1.18 bits per heavy atom. The summed E-state index contributed by atoms with van der Waals surface area (Å²) in [6, 6.07) is 14.0. The maximum atomic E-state index is 11.2. The summed E-state index contributed by atoms with van der Waals surface area (Å²) in [5, 5.41) is 3.42. The molecule has 0 radical (unpaired) electrons. The number of rotatable bonds is 4. The monoisotopic (exact) mass is 455 g/mol. The van der Waals surface area contributed by atoms with Gasteiger partial charge in [-0.3, -0.25) is 4.79 Å². The highest BCUT2D eigenvalue weighted by Gasteiger charge is 2.19. The molecular formula is C20H18BrN5OS. The van der Waals surface area contributed by atoms with Crippen LogP contribution in [0, 0.1) is 0 Å². The molecular weight excluding hydrogens is 438 g/mol. The first-order chi connectivity index (χ1) is 13.6. The molecule has 8 heteroatoms. The Hall–Kier alpha value is -2.45. The summed E-state index contributed by atoms with van der Waals surface area (Å²) in [6.45, 7) is 3.15. The van der Waals surface area contributed by atoms with E-state index in [2.05, 4.69) is 59.3 Å². The van der Waals surface area contributed by atoms with Crippen molar-refractivity contribution in [2.24, 2.45) is 0 Å². The third kappa shape index (κ3) is 4.51. The van der Waals surface area contributed by atoms with Crippen molar-refractivity contribution in [1.82, 2.24) is 15.0 Å². The standard InChI is InChI=1S/C20H18BrN5OS/c1-13(27)24-17-3-2-4-18(10-17)28-20-23-12-22-19(25-20)26-8-7-14-9-16(21)6-5-15(14)11-26/h2-6,9-10,12H,7-8,11H2,1H3,(H,24,27). The lowest BCUT2D eigenvalue weighted by Crippen LogP contribution is -2.31. The zero-order valence-corrected chi connectivity index (χ0v) is 17.6. The Balaban J connectivity index is 1.51. The highest BCUT2D eigenvalue weighted by Crippen LogP contribution is 2.29. The minimum absolute atomic E-state index is 0.0954. The van der Waals surface area contributed by atoms with Gasteiger partial charge in [-0.05, 0) is 59.6 Å². The first-order valence-corrected chi connectivity index (χ1v) is 10.4. The van der Waals surface area contributed by atoms with Gasteiger partial charge < -0.3 is 10.2 Å². The van der Waals surface area contributed by atoms with Gasteiger partial charge in [0.05, 0.1) is 0 Å². The van der Waals surface area contributed by atoms with Gasteiger partial charge in [0.25, 0.3) is 0 Å². The minimum atomic E-state index is -0.0954. The molecule has 4 rings (SSSR count). The Kier molecular flexibility index (Phi) is 5.59. The molecule has 0 aliphatic carbocycles. The molecule has 1 amide bonds. The average molecular weight is 456 g/mol. The maximum absolute atomic E-state index is 11.2. The lowest BCUT2D eigenvalue weighted by molar-refractivity contribution is -0.114. The number of amides is 1. The summed E-state index contributed by atoms with van der Waals surface area (Å²) in [6.07, 6.45) is 2.52. The molecule has 142 valence electrons. The van der Waals surface area contributed by atoms with Gasteiger partial charge in [-0.1, -0.05) is 28.1 Å². The van der Waals surface area contributed by atoms with Gasteiger partial charge in [0.15, 0.2) is 5.16 Å². The second-order valence-corrected chi connectivity index (χ2v) is 8.42. The van der Waals surface area contributed by atoms with Crippen LogP contribution in [0.5, 0.6) is 0 Å². The van der Waals surface area contributed by atoms with Gasteiger partial charge in [0, 0.05) is 35.1 Å². The highest BCUT2D eigenvalue weighted by molar-refractivity contribution is 9.10. The van der Waals surface area contributed by atoms with Gasteiger partial charge in [-0.25, -0.2) is 9.97 Å². The Morgan fingerprint density at radius 3 is 2.93 bits per heavy atom. The van der Waals surface area contributed by atoms with Crippen molar-refractivity contribution < 1.29 is 4.79 Å². The molecule has 2 heterocycles. The van der Waals surface area contributed by atoms with Crippen LogP contribution in [-0.2, 0) is 17.8 Å². The number of nitrogens with zero attached hydrogens (tertiary/aromatic N) is 4. The van der Waals surface area contributed by atoms with Crippen LogP contribution in [-0.4, -0.2) is 27.4 Å². The number of carbonyl (C=O) groups is 1. The number of aromatic nitrogens is 3. The normalized spacial score (nSPS) is 13.1. The number of benzene rings is 2. The van der Waals surface area contributed by atoms with E-state index in [0.29, 0.717) is 11.1 Å². The quantitative estimate of drug-likeness (QED) is 0.631. The zero-order valence-electron chi connectivity index (χ0n) is 15.2. The summed E-state index contributed by atoms with van der Waals surface area (Å²) in [7, 11) is 0. The first-order valence-electron chi connectivity index (χ1n) is 8.83. The van der Waals surface area contributed by atoms with E-state index in [1.54, 1.807) is 6.33 Å². The lowest BCUT2D eigenvalue weighted by atomic mass is 10.0. The summed E-state index contributed by atoms with van der Waals surface area (Å²) < 4.78 is 1.11. The number of fused-ring (bicyclic) bond motifs is 1. The van der Waals surface area contributed by atoms with Crippen molar-refractivity contribution in [2.75, 3.05) is 16.8 Å². The Morgan fingerprint density at radius 2 is 2.07 bits per heavy atom. The van der Waals surface area contributed by atoms with Crippen LogP contribution in [0.1, 0.15) is 18.1 Å². The van der Waals surface area contributed by atoms with Gasteiger partial charge in [-0.15, -0.1) is 0 Å². The van der Waals surface area contributed by atoms with Crippen LogP contribution in [0.3, 0.4) is 0 Å². The van der Waals surface area contributed by atoms with Gasteiger partial charge in [-0.2, -0.15) is 4.98 Å². The summed E-state index contributed by atoms with van der Waals surface area (Å²) in [5.74, 6) is 0.589. The van der Waals surface area contributed by atoms with E-state index < -0.39 is 0 Å². The second kappa shape index (κ2) is 8.28. The molecule has 6 nitrogen and oxygen atoms in total. The highest BCUT2D eigenvalue weighted by atomic mass is 79.9. The maximum Gasteiger partial charge on any atom is 0.229 e. The molecule has 28 heavy (non-hydrogen) atoms. The van der Waals surface area contributed by atoms with Gasteiger partial charge in [0.1, 0.15) is 6.33 Å². The van der Waals surface area contributed by atoms with Crippen molar-refractivity contribution >= 4 is 45.2 Å².